The van der Waals surface area contributed by atoms with E-state index >= 15 is 0 Å². The fourth-order valence-electron chi connectivity index (χ4n) is 2.25. The monoisotopic (exact) mass is 284 g/mol. The first-order valence-electron chi connectivity index (χ1n) is 6.25. The Morgan fingerprint density at radius 2 is 2.26 bits per heavy atom. The molecule has 2 aliphatic rings. The number of hydrogen-bond acceptors (Lipinski definition) is 4. The number of hydrogen-bond donors (Lipinski definition) is 2. The Morgan fingerprint density at radius 3 is 3.05 bits per heavy atom. The molecular weight excluding hydrogens is 268 g/mol. The van der Waals surface area contributed by atoms with Crippen molar-refractivity contribution in [1.82, 2.24) is 5.32 Å². The molecule has 0 spiro atoms. The molecule has 104 valence electrons. The van der Waals surface area contributed by atoms with Crippen LogP contribution in [0, 0.1) is 0 Å². The lowest BCUT2D eigenvalue weighted by Crippen LogP contribution is -2.37. The molecule has 19 heavy (non-hydrogen) atoms. The van der Waals surface area contributed by atoms with Gasteiger partial charge in [-0.1, -0.05) is 0 Å². The molecule has 0 saturated carbocycles. The standard InChI is InChI=1S/C13H16N2O3.ClH/c16-13-8-17-12-4-3-9(6-11(12)15-13)18-10-2-1-5-14-7-10;/h3-4,6,10,14H,1-2,5,7-8H2,(H,15,16);1H/t10-;/m1./s1. The van der Waals surface area contributed by atoms with Gasteiger partial charge in [0.1, 0.15) is 17.6 Å². The summed E-state index contributed by atoms with van der Waals surface area (Å²) in [6, 6.07) is 5.53. The van der Waals surface area contributed by atoms with E-state index in [2.05, 4.69) is 10.6 Å². The summed E-state index contributed by atoms with van der Waals surface area (Å²) < 4.78 is 11.2. The molecule has 2 aliphatic heterocycles. The van der Waals surface area contributed by atoms with Gasteiger partial charge in [-0.3, -0.25) is 4.79 Å². The molecule has 1 fully saturated rings. The minimum absolute atomic E-state index is 0. The van der Waals surface area contributed by atoms with E-state index in [1.54, 1.807) is 0 Å². The molecule has 1 saturated heterocycles. The SMILES string of the molecule is Cl.O=C1COc2ccc(O[C@@H]3CCCNC3)cc2N1. The highest BCUT2D eigenvalue weighted by atomic mass is 35.5. The fourth-order valence-corrected chi connectivity index (χ4v) is 2.25. The van der Waals surface area contributed by atoms with Crippen LogP contribution in [0.15, 0.2) is 18.2 Å². The minimum atomic E-state index is -0.126. The quantitative estimate of drug-likeness (QED) is 0.865. The lowest BCUT2D eigenvalue weighted by atomic mass is 10.1. The topological polar surface area (TPSA) is 59.6 Å². The second kappa shape index (κ2) is 6.12. The molecule has 5 nitrogen and oxygen atoms in total. The average Bonchev–Trinajstić information content (AvgIpc) is 2.39. The third-order valence-corrected chi connectivity index (χ3v) is 3.14. The van der Waals surface area contributed by atoms with Gasteiger partial charge in [0.05, 0.1) is 5.69 Å². The molecule has 0 bridgehead atoms. The molecule has 0 radical (unpaired) electrons. The highest BCUT2D eigenvalue weighted by Crippen LogP contribution is 2.32. The van der Waals surface area contributed by atoms with Gasteiger partial charge in [0, 0.05) is 12.6 Å². The number of piperidine rings is 1. The largest absolute Gasteiger partial charge is 0.489 e. The number of halogens is 1. The molecule has 1 aromatic carbocycles. The van der Waals surface area contributed by atoms with Crippen molar-refractivity contribution in [3.05, 3.63) is 18.2 Å². The Labute approximate surface area is 118 Å². The summed E-state index contributed by atoms with van der Waals surface area (Å²) in [7, 11) is 0. The summed E-state index contributed by atoms with van der Waals surface area (Å²) in [6.45, 7) is 2.02. The summed E-state index contributed by atoms with van der Waals surface area (Å²) in [5.41, 5.74) is 0.688. The van der Waals surface area contributed by atoms with Crippen molar-refractivity contribution in [2.75, 3.05) is 25.0 Å². The zero-order valence-electron chi connectivity index (χ0n) is 10.5. The summed E-state index contributed by atoms with van der Waals surface area (Å²) >= 11 is 0. The van der Waals surface area contributed by atoms with Crippen molar-refractivity contribution >= 4 is 24.0 Å². The van der Waals surface area contributed by atoms with Gasteiger partial charge in [0.15, 0.2) is 6.61 Å². The van der Waals surface area contributed by atoms with E-state index in [0.29, 0.717) is 11.4 Å². The van der Waals surface area contributed by atoms with Crippen LogP contribution in [0.4, 0.5) is 5.69 Å². The maximum absolute atomic E-state index is 11.2. The zero-order chi connectivity index (χ0) is 12.4. The van der Waals surface area contributed by atoms with Gasteiger partial charge in [0.2, 0.25) is 0 Å². The first-order chi connectivity index (χ1) is 8.81. The molecule has 1 amide bonds. The predicted molar refractivity (Wildman–Crippen MR) is 74.3 cm³/mol. The van der Waals surface area contributed by atoms with Crippen LogP contribution in [0.2, 0.25) is 0 Å². The Kier molecular flexibility index (Phi) is 4.50. The van der Waals surface area contributed by atoms with Gasteiger partial charge in [-0.25, -0.2) is 0 Å². The number of rotatable bonds is 2. The summed E-state index contributed by atoms with van der Waals surface area (Å²) in [5.74, 6) is 1.34. The van der Waals surface area contributed by atoms with E-state index in [9.17, 15) is 4.79 Å². The van der Waals surface area contributed by atoms with Gasteiger partial charge in [-0.15, -0.1) is 12.4 Å². The van der Waals surface area contributed by atoms with Crippen LogP contribution >= 0.6 is 12.4 Å². The first-order valence-corrected chi connectivity index (χ1v) is 6.25. The fraction of sp³-hybridized carbons (Fsp3) is 0.462. The maximum atomic E-state index is 11.2. The number of carbonyl (C=O) groups excluding carboxylic acids is 1. The molecule has 0 aromatic heterocycles. The van der Waals surface area contributed by atoms with E-state index in [-0.39, 0.29) is 31.0 Å². The summed E-state index contributed by atoms with van der Waals surface area (Å²) in [5, 5.41) is 6.08. The Hall–Kier alpha value is -1.46. The lowest BCUT2D eigenvalue weighted by molar-refractivity contribution is -0.118. The molecule has 0 aliphatic carbocycles. The number of fused-ring (bicyclic) bond motifs is 1. The first kappa shape index (κ1) is 14.0. The Morgan fingerprint density at radius 1 is 1.37 bits per heavy atom. The summed E-state index contributed by atoms with van der Waals surface area (Å²) in [6.07, 6.45) is 2.40. The average molecular weight is 285 g/mol. The van der Waals surface area contributed by atoms with Crippen molar-refractivity contribution in [2.24, 2.45) is 0 Å². The van der Waals surface area contributed by atoms with Crippen LogP contribution < -0.4 is 20.1 Å². The maximum Gasteiger partial charge on any atom is 0.262 e. The number of carbonyl (C=O) groups is 1. The molecule has 1 atom stereocenters. The molecule has 2 heterocycles. The third kappa shape index (κ3) is 3.30. The van der Waals surface area contributed by atoms with Crippen LogP contribution in [0.1, 0.15) is 12.8 Å². The molecular formula is C13H17ClN2O3. The number of ether oxygens (including phenoxy) is 2. The van der Waals surface area contributed by atoms with E-state index < -0.39 is 0 Å². The van der Waals surface area contributed by atoms with Crippen LogP contribution in [-0.4, -0.2) is 31.7 Å². The smallest absolute Gasteiger partial charge is 0.262 e. The second-order valence-corrected chi connectivity index (χ2v) is 4.58. The van der Waals surface area contributed by atoms with Gasteiger partial charge < -0.3 is 20.1 Å². The molecule has 1 aromatic rings. The Bertz CT molecular complexity index is 461. The van der Waals surface area contributed by atoms with Crippen LogP contribution in [-0.2, 0) is 4.79 Å². The molecule has 0 unspecified atom stereocenters. The van der Waals surface area contributed by atoms with Crippen molar-refractivity contribution in [3.8, 4) is 11.5 Å². The van der Waals surface area contributed by atoms with E-state index in [4.69, 9.17) is 9.47 Å². The number of benzene rings is 1. The Balaban J connectivity index is 0.00000133. The normalized spacial score (nSPS) is 21.5. The molecule has 6 heteroatoms. The van der Waals surface area contributed by atoms with Crippen LogP contribution in [0.3, 0.4) is 0 Å². The zero-order valence-corrected chi connectivity index (χ0v) is 11.3. The van der Waals surface area contributed by atoms with Gasteiger partial charge in [-0.2, -0.15) is 0 Å². The van der Waals surface area contributed by atoms with Crippen molar-refractivity contribution in [1.29, 1.82) is 0 Å². The molecule has 2 N–H and O–H groups in total. The highest BCUT2D eigenvalue weighted by Gasteiger charge is 2.18. The van der Waals surface area contributed by atoms with Gasteiger partial charge in [-0.05, 0) is 31.5 Å². The van der Waals surface area contributed by atoms with Gasteiger partial charge in [0.25, 0.3) is 5.91 Å². The van der Waals surface area contributed by atoms with Crippen molar-refractivity contribution < 1.29 is 14.3 Å². The van der Waals surface area contributed by atoms with E-state index in [0.717, 1.165) is 31.7 Å². The highest BCUT2D eigenvalue weighted by molar-refractivity contribution is 5.95. The minimum Gasteiger partial charge on any atom is -0.489 e. The van der Waals surface area contributed by atoms with Crippen molar-refractivity contribution in [2.45, 2.75) is 18.9 Å². The molecule has 3 rings (SSSR count). The lowest BCUT2D eigenvalue weighted by Gasteiger charge is -2.25. The predicted octanol–water partition coefficient (Wildman–Crippen LogP) is 1.57. The van der Waals surface area contributed by atoms with Crippen molar-refractivity contribution in [3.63, 3.8) is 0 Å². The van der Waals surface area contributed by atoms with Crippen LogP contribution in [0.25, 0.3) is 0 Å². The summed E-state index contributed by atoms with van der Waals surface area (Å²) in [4.78, 5) is 11.2. The number of amides is 1. The van der Waals surface area contributed by atoms with E-state index in [1.165, 1.54) is 0 Å². The van der Waals surface area contributed by atoms with Crippen LogP contribution in [0.5, 0.6) is 11.5 Å². The number of anilines is 1. The van der Waals surface area contributed by atoms with Gasteiger partial charge >= 0.3 is 0 Å². The van der Waals surface area contributed by atoms with E-state index in [1.807, 2.05) is 18.2 Å². The number of nitrogens with one attached hydrogen (secondary N) is 2. The second-order valence-electron chi connectivity index (χ2n) is 4.58. The third-order valence-electron chi connectivity index (χ3n) is 3.14.